The first-order chi connectivity index (χ1) is 16.4. The van der Waals surface area contributed by atoms with Gasteiger partial charge in [0.1, 0.15) is 11.5 Å². The van der Waals surface area contributed by atoms with Crippen molar-refractivity contribution in [2.45, 2.75) is 20.4 Å². The molecular weight excluding hydrogens is 427 g/mol. The standard InChI is InChI=1S/C29H23FN2O2/c1-18-14-15-21(16-19(18)2)26-27(31-25-13-7-10-20-8-3-5-11-23(20)25)29(34)32(28(26)33)17-22-9-4-6-12-24(22)30/h3-16,31H,17H2,1-2H3. The third-order valence-corrected chi connectivity index (χ3v) is 6.30. The van der Waals surface area contributed by atoms with Gasteiger partial charge in [-0.15, -0.1) is 0 Å². The molecule has 2 amide bonds. The summed E-state index contributed by atoms with van der Waals surface area (Å²) in [6.07, 6.45) is 0. The zero-order chi connectivity index (χ0) is 23.8. The van der Waals surface area contributed by atoms with E-state index < -0.39 is 17.6 Å². The van der Waals surface area contributed by atoms with E-state index >= 15 is 0 Å². The number of nitrogens with one attached hydrogen (secondary N) is 1. The average Bonchev–Trinajstić information content (AvgIpc) is 3.06. The van der Waals surface area contributed by atoms with Gasteiger partial charge in [-0.2, -0.15) is 0 Å². The number of rotatable bonds is 5. The van der Waals surface area contributed by atoms with Crippen LogP contribution in [0, 0.1) is 19.7 Å². The summed E-state index contributed by atoms with van der Waals surface area (Å²) in [7, 11) is 0. The van der Waals surface area contributed by atoms with Crippen LogP contribution in [0.25, 0.3) is 16.3 Å². The van der Waals surface area contributed by atoms with E-state index in [1.807, 2.05) is 74.5 Å². The Labute approximate surface area is 197 Å². The topological polar surface area (TPSA) is 49.4 Å². The van der Waals surface area contributed by atoms with Crippen LogP contribution in [-0.2, 0) is 16.1 Å². The number of nitrogens with zero attached hydrogens (tertiary/aromatic N) is 1. The first-order valence-corrected chi connectivity index (χ1v) is 11.1. The van der Waals surface area contributed by atoms with Crippen molar-refractivity contribution < 1.29 is 14.0 Å². The summed E-state index contributed by atoms with van der Waals surface area (Å²) in [5, 5.41) is 5.20. The summed E-state index contributed by atoms with van der Waals surface area (Å²) in [6, 6.07) is 25.5. The van der Waals surface area contributed by atoms with Gasteiger partial charge in [-0.25, -0.2) is 4.39 Å². The maximum absolute atomic E-state index is 14.4. The zero-order valence-electron chi connectivity index (χ0n) is 18.9. The Morgan fingerprint density at radius 2 is 1.53 bits per heavy atom. The Bertz CT molecular complexity index is 1480. The van der Waals surface area contributed by atoms with Gasteiger partial charge in [0.2, 0.25) is 0 Å². The van der Waals surface area contributed by atoms with E-state index in [0.29, 0.717) is 5.56 Å². The third-order valence-electron chi connectivity index (χ3n) is 6.30. The van der Waals surface area contributed by atoms with Crippen LogP contribution in [0.15, 0.2) is 90.6 Å². The van der Waals surface area contributed by atoms with Crippen LogP contribution in [0.2, 0.25) is 0 Å². The monoisotopic (exact) mass is 450 g/mol. The molecule has 0 aromatic heterocycles. The summed E-state index contributed by atoms with van der Waals surface area (Å²) in [6.45, 7) is 3.82. The minimum Gasteiger partial charge on any atom is -0.350 e. The molecule has 0 unspecified atom stereocenters. The first-order valence-electron chi connectivity index (χ1n) is 11.1. The molecule has 5 rings (SSSR count). The lowest BCUT2D eigenvalue weighted by Gasteiger charge is -2.16. The van der Waals surface area contributed by atoms with Crippen molar-refractivity contribution in [2.75, 3.05) is 5.32 Å². The van der Waals surface area contributed by atoms with E-state index in [1.165, 1.54) is 6.07 Å². The molecule has 1 heterocycles. The molecule has 0 fully saturated rings. The summed E-state index contributed by atoms with van der Waals surface area (Å²) in [5.74, 6) is -1.38. The number of carbonyl (C=O) groups is 2. The molecule has 0 spiro atoms. The van der Waals surface area contributed by atoms with E-state index in [-0.39, 0.29) is 23.4 Å². The molecule has 0 aliphatic carbocycles. The molecule has 1 aliphatic rings. The maximum Gasteiger partial charge on any atom is 0.278 e. The van der Waals surface area contributed by atoms with Crippen LogP contribution >= 0.6 is 0 Å². The lowest BCUT2D eigenvalue weighted by atomic mass is 9.99. The lowest BCUT2D eigenvalue weighted by molar-refractivity contribution is -0.137. The van der Waals surface area contributed by atoms with Crippen LogP contribution in [0.3, 0.4) is 0 Å². The number of imide groups is 1. The highest BCUT2D eigenvalue weighted by atomic mass is 19.1. The number of halogens is 1. The quantitative estimate of drug-likeness (QED) is 0.380. The minimum absolute atomic E-state index is 0.139. The second-order valence-corrected chi connectivity index (χ2v) is 8.49. The van der Waals surface area contributed by atoms with Gasteiger partial charge >= 0.3 is 0 Å². The summed E-state index contributed by atoms with van der Waals surface area (Å²) >= 11 is 0. The van der Waals surface area contributed by atoms with Crippen molar-refractivity contribution in [1.82, 2.24) is 4.90 Å². The largest absolute Gasteiger partial charge is 0.350 e. The van der Waals surface area contributed by atoms with Crippen molar-refractivity contribution in [3.8, 4) is 0 Å². The third kappa shape index (κ3) is 3.75. The number of hydrogen-bond acceptors (Lipinski definition) is 3. The Morgan fingerprint density at radius 1 is 0.794 bits per heavy atom. The van der Waals surface area contributed by atoms with Gasteiger partial charge in [-0.1, -0.05) is 72.8 Å². The summed E-state index contributed by atoms with van der Waals surface area (Å²) in [4.78, 5) is 28.3. The summed E-state index contributed by atoms with van der Waals surface area (Å²) in [5.41, 5.74) is 4.26. The van der Waals surface area contributed by atoms with E-state index in [1.54, 1.807) is 18.2 Å². The van der Waals surface area contributed by atoms with Gasteiger partial charge in [0.25, 0.3) is 11.8 Å². The molecule has 0 saturated carbocycles. The van der Waals surface area contributed by atoms with Crippen LogP contribution in [0.5, 0.6) is 0 Å². The second-order valence-electron chi connectivity index (χ2n) is 8.49. The van der Waals surface area contributed by atoms with Crippen LogP contribution < -0.4 is 5.32 Å². The molecule has 5 heteroatoms. The number of benzene rings is 4. The smallest absolute Gasteiger partial charge is 0.278 e. The number of fused-ring (bicyclic) bond motifs is 1. The van der Waals surface area contributed by atoms with E-state index in [4.69, 9.17) is 0 Å². The van der Waals surface area contributed by atoms with E-state index in [2.05, 4.69) is 5.32 Å². The Kier molecular flexibility index (Phi) is 5.46. The molecule has 1 N–H and O–H groups in total. The molecule has 4 nitrogen and oxygen atoms in total. The number of carbonyl (C=O) groups excluding carboxylic acids is 2. The van der Waals surface area contributed by atoms with Gasteiger partial charge in [0.15, 0.2) is 0 Å². The zero-order valence-corrected chi connectivity index (χ0v) is 18.9. The number of anilines is 1. The highest BCUT2D eigenvalue weighted by molar-refractivity contribution is 6.36. The van der Waals surface area contributed by atoms with Gasteiger partial charge in [-0.05, 0) is 48.1 Å². The highest BCUT2D eigenvalue weighted by Crippen LogP contribution is 2.34. The molecular formula is C29H23FN2O2. The fourth-order valence-corrected chi connectivity index (χ4v) is 4.27. The Hall–Kier alpha value is -4.25. The molecule has 1 aliphatic heterocycles. The Morgan fingerprint density at radius 3 is 2.32 bits per heavy atom. The van der Waals surface area contributed by atoms with E-state index in [0.717, 1.165) is 32.5 Å². The molecule has 4 aromatic carbocycles. The fourth-order valence-electron chi connectivity index (χ4n) is 4.27. The number of hydrogen-bond donors (Lipinski definition) is 1. The van der Waals surface area contributed by atoms with Gasteiger partial charge < -0.3 is 5.32 Å². The molecule has 34 heavy (non-hydrogen) atoms. The van der Waals surface area contributed by atoms with E-state index in [9.17, 15) is 14.0 Å². The van der Waals surface area contributed by atoms with Gasteiger partial charge in [0, 0.05) is 16.6 Å². The van der Waals surface area contributed by atoms with Crippen LogP contribution in [-0.4, -0.2) is 16.7 Å². The SMILES string of the molecule is Cc1ccc(C2=C(Nc3cccc4ccccc34)C(=O)N(Cc3ccccc3F)C2=O)cc1C. The van der Waals surface area contributed by atoms with Crippen LogP contribution in [0.1, 0.15) is 22.3 Å². The van der Waals surface area contributed by atoms with Gasteiger partial charge in [-0.3, -0.25) is 14.5 Å². The molecule has 168 valence electrons. The summed E-state index contributed by atoms with van der Waals surface area (Å²) < 4.78 is 14.4. The van der Waals surface area contributed by atoms with Gasteiger partial charge in [0.05, 0.1) is 12.1 Å². The fraction of sp³-hybridized carbons (Fsp3) is 0.103. The highest BCUT2D eigenvalue weighted by Gasteiger charge is 2.39. The first kappa shape index (κ1) is 21.6. The normalized spacial score (nSPS) is 13.8. The molecule has 0 saturated heterocycles. The number of amides is 2. The average molecular weight is 451 g/mol. The van der Waals surface area contributed by atoms with Crippen molar-refractivity contribution >= 4 is 33.8 Å². The van der Waals surface area contributed by atoms with Crippen LogP contribution in [0.4, 0.5) is 10.1 Å². The molecule has 0 atom stereocenters. The molecule has 0 radical (unpaired) electrons. The second kappa shape index (κ2) is 8.60. The number of aryl methyl sites for hydroxylation is 2. The predicted octanol–water partition coefficient (Wildman–Crippen LogP) is 5.99. The molecule has 4 aromatic rings. The van der Waals surface area contributed by atoms with Crippen molar-refractivity contribution in [1.29, 1.82) is 0 Å². The lowest BCUT2D eigenvalue weighted by Crippen LogP contribution is -2.32. The minimum atomic E-state index is -0.477. The van der Waals surface area contributed by atoms with Crippen molar-refractivity contribution in [3.63, 3.8) is 0 Å². The Balaban J connectivity index is 1.62. The predicted molar refractivity (Wildman–Crippen MR) is 132 cm³/mol. The van der Waals surface area contributed by atoms with Crippen molar-refractivity contribution in [2.24, 2.45) is 0 Å². The maximum atomic E-state index is 14.4. The molecule has 0 bridgehead atoms. The van der Waals surface area contributed by atoms with Crippen molar-refractivity contribution in [3.05, 3.63) is 119 Å².